The topological polar surface area (TPSA) is 154 Å². The molecule has 3 aliphatic rings. The molecule has 2 aliphatic heterocycles. The molecule has 7 rings (SSSR count). The third-order valence-electron chi connectivity index (χ3n) is 9.06. The Kier molecular flexibility index (Phi) is 7.95. The second-order valence-corrected chi connectivity index (χ2v) is 16.7. The summed E-state index contributed by atoms with van der Waals surface area (Å²) in [7, 11) is -8.63. The van der Waals surface area contributed by atoms with Crippen molar-refractivity contribution in [3.8, 4) is 22.1 Å². The van der Waals surface area contributed by atoms with E-state index in [0.29, 0.717) is 22.6 Å². The van der Waals surface area contributed by atoms with Crippen LogP contribution in [0, 0.1) is 0 Å². The lowest BCUT2D eigenvalue weighted by atomic mass is 9.81. The quantitative estimate of drug-likeness (QED) is 0.129. The second kappa shape index (κ2) is 11.8. The molecular formula is C35H33N2O8S3+. The highest BCUT2D eigenvalue weighted by Gasteiger charge is 2.45. The van der Waals surface area contributed by atoms with Gasteiger partial charge in [0.05, 0.1) is 31.8 Å². The zero-order chi connectivity index (χ0) is 34.0. The number of aromatic hydroxyl groups is 1. The number of phenolic OH excluding ortho intramolecular Hbond substituents is 1. The van der Waals surface area contributed by atoms with E-state index in [9.17, 15) is 31.0 Å². The highest BCUT2D eigenvalue weighted by molar-refractivity contribution is 7.86. The van der Waals surface area contributed by atoms with Crippen molar-refractivity contribution in [1.82, 2.24) is 4.98 Å². The fraction of sp³-hybridized carbons (Fsp3) is 0.257. The van der Waals surface area contributed by atoms with Crippen LogP contribution < -0.4 is 4.74 Å². The number of thiazole rings is 1. The van der Waals surface area contributed by atoms with Crippen LogP contribution in [-0.2, 0) is 25.7 Å². The number of fused-ring (bicyclic) bond motifs is 4. The van der Waals surface area contributed by atoms with Gasteiger partial charge in [-0.05, 0) is 86.7 Å². The van der Waals surface area contributed by atoms with Gasteiger partial charge in [-0.2, -0.15) is 21.4 Å². The van der Waals surface area contributed by atoms with Gasteiger partial charge < -0.3 is 9.84 Å². The van der Waals surface area contributed by atoms with Crippen LogP contribution in [0.4, 0.5) is 5.69 Å². The standard InChI is InChI=1S/C35H32N2O8S3/c1-35(2)26-19-24(48(42,43)44)12-13-28(26)37(15-6-16-47(39,40)41)32(35)14-11-21-7-5-8-22-17-23-18-25(29(38)20-30(23)45-33(21)22)34-36-27-9-3-4-10-31(27)46-34/h3-4,9-14,17-20H,5-8,15-16H2,1-2H3,(H2,39,40,41,42,43,44)/p+1. The number of nitrogens with zero attached hydrogens (tertiary/aromatic N) is 2. The first-order valence-corrected chi connectivity index (χ1v) is 19.3. The van der Waals surface area contributed by atoms with Crippen molar-refractivity contribution < 1.29 is 40.4 Å². The summed E-state index contributed by atoms with van der Waals surface area (Å²) < 4.78 is 75.4. The number of phenols is 1. The molecule has 0 amide bonds. The average molecular weight is 706 g/mol. The van der Waals surface area contributed by atoms with Crippen molar-refractivity contribution in [1.29, 1.82) is 0 Å². The Morgan fingerprint density at radius 2 is 1.81 bits per heavy atom. The Morgan fingerprint density at radius 1 is 1.02 bits per heavy atom. The maximum atomic E-state index is 12.0. The maximum absolute atomic E-state index is 12.0. The molecule has 10 nitrogen and oxygen atoms in total. The number of para-hydroxylation sites is 1. The molecule has 4 aromatic rings. The zero-order valence-corrected chi connectivity index (χ0v) is 28.6. The van der Waals surface area contributed by atoms with Gasteiger partial charge >= 0.3 is 0 Å². The van der Waals surface area contributed by atoms with E-state index >= 15 is 0 Å². The summed E-state index contributed by atoms with van der Waals surface area (Å²) >= 11 is 1.52. The number of benzene rings is 3. The smallest absolute Gasteiger partial charge is 0.294 e. The lowest BCUT2D eigenvalue weighted by Crippen LogP contribution is -2.28. The Balaban J connectivity index is 1.25. The Labute approximate surface area is 282 Å². The van der Waals surface area contributed by atoms with Gasteiger partial charge in [0.1, 0.15) is 28.8 Å². The molecule has 48 heavy (non-hydrogen) atoms. The number of hydrogen-bond donors (Lipinski definition) is 3. The number of aromatic nitrogens is 1. The fourth-order valence-corrected chi connectivity index (χ4v) is 8.71. The minimum absolute atomic E-state index is 0.0731. The third kappa shape index (κ3) is 6.01. The molecule has 248 valence electrons. The van der Waals surface area contributed by atoms with Crippen LogP contribution in [-0.4, -0.2) is 58.6 Å². The predicted octanol–water partition coefficient (Wildman–Crippen LogP) is 7.04. The molecule has 0 spiro atoms. The van der Waals surface area contributed by atoms with Crippen LogP contribution in [0.25, 0.3) is 26.9 Å². The van der Waals surface area contributed by atoms with Gasteiger partial charge in [0.15, 0.2) is 5.71 Å². The molecule has 0 radical (unpaired) electrons. The molecule has 1 aliphatic carbocycles. The lowest BCUT2D eigenvalue weighted by Gasteiger charge is -2.27. The molecule has 3 aromatic carbocycles. The zero-order valence-electron chi connectivity index (χ0n) is 26.2. The predicted molar refractivity (Wildman–Crippen MR) is 185 cm³/mol. The van der Waals surface area contributed by atoms with Gasteiger partial charge in [0.25, 0.3) is 20.2 Å². The van der Waals surface area contributed by atoms with Crippen molar-refractivity contribution >= 4 is 59.3 Å². The molecular weight excluding hydrogens is 673 g/mol. The normalized spacial score (nSPS) is 17.4. The molecule has 13 heteroatoms. The van der Waals surface area contributed by atoms with E-state index < -0.39 is 31.4 Å². The summed E-state index contributed by atoms with van der Waals surface area (Å²) in [4.78, 5) is 4.49. The van der Waals surface area contributed by atoms with Crippen molar-refractivity contribution in [2.45, 2.75) is 49.8 Å². The van der Waals surface area contributed by atoms with Gasteiger partial charge in [-0.25, -0.2) is 4.98 Å². The molecule has 0 atom stereocenters. The van der Waals surface area contributed by atoms with Crippen molar-refractivity contribution in [2.24, 2.45) is 0 Å². The van der Waals surface area contributed by atoms with E-state index in [1.54, 1.807) is 12.1 Å². The van der Waals surface area contributed by atoms with Crippen LogP contribution >= 0.6 is 11.3 Å². The average Bonchev–Trinajstić information content (AvgIpc) is 3.54. The molecule has 3 N–H and O–H groups in total. The fourth-order valence-electron chi connectivity index (χ4n) is 6.71. The van der Waals surface area contributed by atoms with Crippen molar-refractivity contribution in [3.63, 3.8) is 0 Å². The van der Waals surface area contributed by atoms with E-state index in [1.165, 1.54) is 23.5 Å². The SMILES string of the molecule is CC1(C)C(C=CC2=C3Oc4cc(O)c(-c5nc6ccccc6s5)cc4C=C3CCC2)=[N+](CCCS(=O)(=O)O)c2ccc(S(=O)(=O)O)cc21. The first-order valence-electron chi connectivity index (χ1n) is 15.4. The number of rotatable bonds is 8. The van der Waals surface area contributed by atoms with Crippen LogP contribution in [0.1, 0.15) is 50.7 Å². The van der Waals surface area contributed by atoms with E-state index in [0.717, 1.165) is 62.7 Å². The summed E-state index contributed by atoms with van der Waals surface area (Å²) in [5.41, 5.74) is 5.78. The first-order chi connectivity index (χ1) is 22.7. The first kappa shape index (κ1) is 32.4. The molecule has 1 aromatic heterocycles. The van der Waals surface area contributed by atoms with Gasteiger partial charge in [-0.3, -0.25) is 9.11 Å². The second-order valence-electron chi connectivity index (χ2n) is 12.7. The van der Waals surface area contributed by atoms with Gasteiger partial charge in [-0.15, -0.1) is 11.3 Å². The van der Waals surface area contributed by atoms with Crippen LogP contribution in [0.15, 0.2) is 88.6 Å². The summed E-state index contributed by atoms with van der Waals surface area (Å²) in [6, 6.07) is 15.8. The monoisotopic (exact) mass is 705 g/mol. The largest absolute Gasteiger partial charge is 0.507 e. The van der Waals surface area contributed by atoms with Gasteiger partial charge in [0.2, 0.25) is 5.69 Å². The summed E-state index contributed by atoms with van der Waals surface area (Å²) in [6.45, 7) is 4.12. The lowest BCUT2D eigenvalue weighted by molar-refractivity contribution is -0.437. The third-order valence-corrected chi connectivity index (χ3v) is 11.8. The minimum atomic E-state index is -4.45. The number of hydrogen-bond acceptors (Lipinski definition) is 8. The highest BCUT2D eigenvalue weighted by atomic mass is 32.2. The van der Waals surface area contributed by atoms with Gasteiger partial charge in [0, 0.05) is 35.8 Å². The summed E-state index contributed by atoms with van der Waals surface area (Å²) in [5, 5.41) is 11.8. The van der Waals surface area contributed by atoms with Crippen molar-refractivity contribution in [2.75, 3.05) is 12.3 Å². The van der Waals surface area contributed by atoms with E-state index in [4.69, 9.17) is 9.72 Å². The van der Waals surface area contributed by atoms with E-state index in [1.807, 2.05) is 60.9 Å². The maximum Gasteiger partial charge on any atom is 0.294 e. The molecule has 0 bridgehead atoms. The number of allylic oxidation sites excluding steroid dienone is 4. The molecule has 0 unspecified atom stereocenters. The Bertz CT molecular complexity index is 2330. The van der Waals surface area contributed by atoms with Crippen molar-refractivity contribution in [3.05, 3.63) is 94.8 Å². The molecule has 0 fully saturated rings. The van der Waals surface area contributed by atoms with Crippen LogP contribution in [0.5, 0.6) is 11.5 Å². The van der Waals surface area contributed by atoms with Crippen LogP contribution in [0.2, 0.25) is 0 Å². The summed E-state index contributed by atoms with van der Waals surface area (Å²) in [5.74, 6) is 0.903. The molecule has 0 saturated heterocycles. The Hall–Kier alpha value is -4.14. The van der Waals surface area contributed by atoms with E-state index in [-0.39, 0.29) is 23.6 Å². The molecule has 0 saturated carbocycles. The molecule has 3 heterocycles. The van der Waals surface area contributed by atoms with Gasteiger partial charge in [-0.1, -0.05) is 12.1 Å². The van der Waals surface area contributed by atoms with E-state index in [2.05, 4.69) is 6.08 Å². The van der Waals surface area contributed by atoms with Crippen LogP contribution in [0.3, 0.4) is 0 Å². The number of ether oxygens (including phenoxy) is 1. The minimum Gasteiger partial charge on any atom is -0.507 e. The summed E-state index contributed by atoms with van der Waals surface area (Å²) in [6.07, 6.45) is 8.60. The highest BCUT2D eigenvalue weighted by Crippen LogP contribution is 2.46. The Morgan fingerprint density at radius 3 is 2.56 bits per heavy atom.